The minimum atomic E-state index is 0.373. The molecule has 0 amide bonds. The van der Waals surface area contributed by atoms with Crippen LogP contribution in [-0.2, 0) is 4.74 Å². The maximum absolute atomic E-state index is 5.84. The van der Waals surface area contributed by atoms with Crippen LogP contribution in [0.1, 0.15) is 85.5 Å². The van der Waals surface area contributed by atoms with Gasteiger partial charge < -0.3 is 4.74 Å². The molecule has 1 heterocycles. The van der Waals surface area contributed by atoms with Crippen LogP contribution in [0.4, 0.5) is 0 Å². The topological polar surface area (TPSA) is 12.5 Å². The van der Waals surface area contributed by atoms with Crippen LogP contribution in [0.2, 0.25) is 0 Å². The molecular formula is C22H38O. The number of hydrogen-bond acceptors (Lipinski definition) is 1. The molecule has 0 N–H and O–H groups in total. The summed E-state index contributed by atoms with van der Waals surface area (Å²) in [6.07, 6.45) is 13.1. The first-order valence-corrected chi connectivity index (χ1v) is 10.7. The maximum atomic E-state index is 5.84. The summed E-state index contributed by atoms with van der Waals surface area (Å²) < 4.78 is 5.84. The number of epoxide rings is 1. The normalized spacial score (nSPS) is 53.5. The molecule has 1 aliphatic heterocycles. The predicted molar refractivity (Wildman–Crippen MR) is 96.3 cm³/mol. The van der Waals surface area contributed by atoms with Crippen LogP contribution < -0.4 is 0 Å². The van der Waals surface area contributed by atoms with E-state index in [1.807, 2.05) is 0 Å². The van der Waals surface area contributed by atoms with Crippen molar-refractivity contribution in [2.24, 2.45) is 40.9 Å². The largest absolute Gasteiger partial charge is 0.370 e. The molecule has 23 heavy (non-hydrogen) atoms. The molecule has 4 aliphatic rings. The van der Waals surface area contributed by atoms with E-state index >= 15 is 0 Å². The molecule has 4 fully saturated rings. The molecule has 0 aromatic heterocycles. The lowest BCUT2D eigenvalue weighted by Crippen LogP contribution is -2.51. The Balaban J connectivity index is 1.54. The second kappa shape index (κ2) is 5.75. The molecule has 0 aromatic rings. The number of hydrogen-bond donors (Lipinski definition) is 0. The van der Waals surface area contributed by atoms with Crippen LogP contribution in [0.15, 0.2) is 0 Å². The van der Waals surface area contributed by atoms with Crippen LogP contribution in [0.5, 0.6) is 0 Å². The molecule has 3 saturated carbocycles. The van der Waals surface area contributed by atoms with E-state index in [-0.39, 0.29) is 0 Å². The van der Waals surface area contributed by atoms with E-state index in [0.29, 0.717) is 11.0 Å². The Bertz CT molecular complexity index is 439. The highest BCUT2D eigenvalue weighted by atomic mass is 16.6. The molecule has 1 saturated heterocycles. The van der Waals surface area contributed by atoms with Gasteiger partial charge in [0.2, 0.25) is 0 Å². The first kappa shape index (κ1) is 16.4. The molecule has 4 rings (SSSR count). The predicted octanol–water partition coefficient (Wildman–Crippen LogP) is 6.07. The van der Waals surface area contributed by atoms with Gasteiger partial charge in [0.15, 0.2) is 0 Å². The molecule has 1 nitrogen and oxygen atoms in total. The van der Waals surface area contributed by atoms with Gasteiger partial charge in [-0.25, -0.2) is 0 Å². The summed E-state index contributed by atoms with van der Waals surface area (Å²) in [7, 11) is 0. The Morgan fingerprint density at radius 1 is 1.00 bits per heavy atom. The SMILES string of the molecule is CC[C@@H](C)[C@@]1(C)CC[C@H]2[C@@H](CC[C@H]3CC4(CC[C@@H]32)CO4)[C@@H]1CC. The molecule has 1 spiro atoms. The Labute approximate surface area is 143 Å². The van der Waals surface area contributed by atoms with E-state index in [1.54, 1.807) is 0 Å². The van der Waals surface area contributed by atoms with Gasteiger partial charge in [-0.05, 0) is 85.9 Å². The van der Waals surface area contributed by atoms with Gasteiger partial charge in [-0.15, -0.1) is 0 Å². The fraction of sp³-hybridized carbons (Fsp3) is 1.00. The van der Waals surface area contributed by atoms with E-state index in [2.05, 4.69) is 27.7 Å². The Kier molecular flexibility index (Phi) is 4.11. The first-order valence-electron chi connectivity index (χ1n) is 10.7. The van der Waals surface area contributed by atoms with E-state index in [9.17, 15) is 0 Å². The quantitative estimate of drug-likeness (QED) is 0.575. The molecule has 0 aromatic carbocycles. The van der Waals surface area contributed by atoms with E-state index in [4.69, 9.17) is 4.74 Å². The number of fused-ring (bicyclic) bond motifs is 3. The van der Waals surface area contributed by atoms with Crippen LogP contribution in [0.25, 0.3) is 0 Å². The summed E-state index contributed by atoms with van der Waals surface area (Å²) >= 11 is 0. The highest BCUT2D eigenvalue weighted by Crippen LogP contribution is 2.62. The van der Waals surface area contributed by atoms with Crippen LogP contribution in [0.3, 0.4) is 0 Å². The van der Waals surface area contributed by atoms with Crippen molar-refractivity contribution in [2.45, 2.75) is 91.1 Å². The number of rotatable bonds is 3. The van der Waals surface area contributed by atoms with Crippen LogP contribution in [0, 0.1) is 40.9 Å². The maximum Gasteiger partial charge on any atom is 0.0919 e. The third-order valence-electron chi connectivity index (χ3n) is 9.25. The molecule has 1 heteroatoms. The van der Waals surface area contributed by atoms with Gasteiger partial charge in [-0.2, -0.15) is 0 Å². The average molecular weight is 319 g/mol. The lowest BCUT2D eigenvalue weighted by atomic mass is 9.47. The van der Waals surface area contributed by atoms with Gasteiger partial charge >= 0.3 is 0 Å². The van der Waals surface area contributed by atoms with E-state index < -0.39 is 0 Å². The molecule has 0 radical (unpaired) electrons. The second-order valence-electron chi connectivity index (χ2n) is 9.91. The van der Waals surface area contributed by atoms with Crippen LogP contribution in [-0.4, -0.2) is 12.2 Å². The fourth-order valence-electron chi connectivity index (χ4n) is 7.51. The van der Waals surface area contributed by atoms with Crippen LogP contribution >= 0.6 is 0 Å². The van der Waals surface area contributed by atoms with Gasteiger partial charge in [0.05, 0.1) is 12.2 Å². The van der Waals surface area contributed by atoms with Gasteiger partial charge in [0, 0.05) is 0 Å². The Hall–Kier alpha value is -0.0400. The van der Waals surface area contributed by atoms with Crippen molar-refractivity contribution in [1.82, 2.24) is 0 Å². The van der Waals surface area contributed by atoms with Gasteiger partial charge in [0.1, 0.15) is 0 Å². The molecule has 132 valence electrons. The molecule has 1 unspecified atom stereocenters. The summed E-state index contributed by atoms with van der Waals surface area (Å²) in [6.45, 7) is 11.1. The second-order valence-corrected chi connectivity index (χ2v) is 9.91. The molecule has 0 bridgehead atoms. The summed E-state index contributed by atoms with van der Waals surface area (Å²) in [5.74, 6) is 5.98. The summed E-state index contributed by atoms with van der Waals surface area (Å²) in [5, 5.41) is 0. The lowest BCUT2D eigenvalue weighted by molar-refractivity contribution is -0.0917. The zero-order chi connectivity index (χ0) is 16.2. The van der Waals surface area contributed by atoms with Crippen molar-refractivity contribution >= 4 is 0 Å². The molecular weight excluding hydrogens is 280 g/mol. The van der Waals surface area contributed by atoms with Crippen molar-refractivity contribution in [2.75, 3.05) is 6.61 Å². The summed E-state index contributed by atoms with van der Waals surface area (Å²) in [5.41, 5.74) is 0.977. The van der Waals surface area contributed by atoms with Gasteiger partial charge in [-0.3, -0.25) is 0 Å². The van der Waals surface area contributed by atoms with E-state index in [0.717, 1.165) is 42.1 Å². The Morgan fingerprint density at radius 2 is 1.74 bits per heavy atom. The monoisotopic (exact) mass is 318 g/mol. The Morgan fingerprint density at radius 3 is 2.39 bits per heavy atom. The fourth-order valence-corrected chi connectivity index (χ4v) is 7.51. The van der Waals surface area contributed by atoms with Crippen molar-refractivity contribution in [3.63, 3.8) is 0 Å². The highest BCUT2D eigenvalue weighted by Gasteiger charge is 2.57. The average Bonchev–Trinajstić information content (AvgIpc) is 3.32. The van der Waals surface area contributed by atoms with Crippen molar-refractivity contribution in [3.05, 3.63) is 0 Å². The zero-order valence-corrected chi connectivity index (χ0v) is 15.9. The molecule has 3 aliphatic carbocycles. The summed E-state index contributed by atoms with van der Waals surface area (Å²) in [6, 6.07) is 0. The third-order valence-corrected chi connectivity index (χ3v) is 9.25. The zero-order valence-electron chi connectivity index (χ0n) is 15.9. The minimum Gasteiger partial charge on any atom is -0.370 e. The highest BCUT2D eigenvalue weighted by molar-refractivity contribution is 5.06. The molecule has 8 atom stereocenters. The minimum absolute atomic E-state index is 0.373. The van der Waals surface area contributed by atoms with Gasteiger partial charge in [-0.1, -0.05) is 40.5 Å². The van der Waals surface area contributed by atoms with Gasteiger partial charge in [0.25, 0.3) is 0 Å². The van der Waals surface area contributed by atoms with Crippen molar-refractivity contribution in [1.29, 1.82) is 0 Å². The van der Waals surface area contributed by atoms with Crippen molar-refractivity contribution < 1.29 is 4.74 Å². The summed E-state index contributed by atoms with van der Waals surface area (Å²) in [4.78, 5) is 0. The first-order chi connectivity index (χ1) is 11.0. The third kappa shape index (κ3) is 2.52. The van der Waals surface area contributed by atoms with Crippen molar-refractivity contribution in [3.8, 4) is 0 Å². The smallest absolute Gasteiger partial charge is 0.0919 e. The number of ether oxygens (including phenoxy) is 1. The lowest BCUT2D eigenvalue weighted by Gasteiger charge is -2.58. The van der Waals surface area contributed by atoms with E-state index in [1.165, 1.54) is 57.8 Å². The standard InChI is InChI=1S/C22H38O/c1-5-15(3)21(4)11-9-18-17-10-12-22(14-23-22)13-16(17)7-8-19(18)20(21)6-2/h15-20H,5-14H2,1-4H3/t15-,16+,17+,18-,19-,20+,21-,22?/m1/s1.